The SMILES string of the molecule is Cn1c(O)c(N=NC(=O)[C@@H]2CN(S(=O)(=O)c3ccccc3)CCN2S(=O)(=O)c2ccccc2)c2ccccc21. The zero-order valence-electron chi connectivity index (χ0n) is 20.8. The van der Waals surface area contributed by atoms with Crippen LogP contribution >= 0.6 is 0 Å². The second-order valence-electron chi connectivity index (χ2n) is 8.91. The van der Waals surface area contributed by atoms with Gasteiger partial charge in [-0.1, -0.05) is 54.6 Å². The van der Waals surface area contributed by atoms with E-state index in [-0.39, 0.29) is 34.4 Å². The quantitative estimate of drug-likeness (QED) is 0.355. The van der Waals surface area contributed by atoms with Crippen LogP contribution in [0.1, 0.15) is 0 Å². The number of hydrogen-bond donors (Lipinski definition) is 1. The number of para-hydroxylation sites is 1. The zero-order chi connectivity index (χ0) is 27.8. The number of aryl methyl sites for hydroxylation is 1. The standard InChI is InChI=1S/C26H25N5O6S2/c1-29-22-15-9-8-14-21(22)24(26(29)33)27-28-25(32)23-18-30(38(34,35)19-10-4-2-5-11-19)16-17-31(23)39(36,37)20-12-6-3-7-13-20/h2-15,23,33H,16-18H2,1H3/t23-/m0/s1. The summed E-state index contributed by atoms with van der Waals surface area (Å²) in [5.41, 5.74) is 0.700. The van der Waals surface area contributed by atoms with Crippen molar-refractivity contribution < 1.29 is 26.7 Å². The number of carbonyl (C=O) groups is 1. The number of fused-ring (bicyclic) bond motifs is 1. The van der Waals surface area contributed by atoms with Crippen LogP contribution in [0.4, 0.5) is 5.69 Å². The van der Waals surface area contributed by atoms with Crippen molar-refractivity contribution in [3.63, 3.8) is 0 Å². The largest absolute Gasteiger partial charge is 0.493 e. The summed E-state index contributed by atoms with van der Waals surface area (Å²) >= 11 is 0. The maximum absolute atomic E-state index is 13.5. The first-order valence-corrected chi connectivity index (χ1v) is 14.8. The summed E-state index contributed by atoms with van der Waals surface area (Å²) in [6, 6.07) is 20.8. The minimum atomic E-state index is -4.18. The van der Waals surface area contributed by atoms with Crippen molar-refractivity contribution in [3.8, 4) is 5.88 Å². The van der Waals surface area contributed by atoms with Crippen molar-refractivity contribution in [2.45, 2.75) is 15.8 Å². The molecule has 1 N–H and O–H groups in total. The molecule has 3 aromatic carbocycles. The van der Waals surface area contributed by atoms with Crippen LogP contribution in [0.5, 0.6) is 5.88 Å². The third-order valence-corrected chi connectivity index (χ3v) is 10.4. The molecule has 1 saturated heterocycles. The van der Waals surface area contributed by atoms with Crippen LogP contribution in [0.25, 0.3) is 10.9 Å². The van der Waals surface area contributed by atoms with Crippen molar-refractivity contribution in [2.24, 2.45) is 17.3 Å². The molecule has 4 aromatic rings. The molecule has 0 saturated carbocycles. The van der Waals surface area contributed by atoms with E-state index in [1.807, 2.05) is 0 Å². The summed E-state index contributed by atoms with van der Waals surface area (Å²) in [5, 5.41) is 18.8. The molecule has 13 heteroatoms. The van der Waals surface area contributed by atoms with Gasteiger partial charge in [0.05, 0.1) is 15.3 Å². The first-order valence-electron chi connectivity index (χ1n) is 12.0. The molecule has 0 unspecified atom stereocenters. The number of hydrogen-bond acceptors (Lipinski definition) is 7. The lowest BCUT2D eigenvalue weighted by Gasteiger charge is -2.38. The fourth-order valence-electron chi connectivity index (χ4n) is 4.54. The Morgan fingerprint density at radius 3 is 2.03 bits per heavy atom. The molecule has 1 amide bonds. The number of aromatic nitrogens is 1. The maximum atomic E-state index is 13.5. The predicted octanol–water partition coefficient (Wildman–Crippen LogP) is 3.26. The normalized spacial score (nSPS) is 17.6. The van der Waals surface area contributed by atoms with Gasteiger partial charge in [-0.25, -0.2) is 16.8 Å². The first-order chi connectivity index (χ1) is 18.6. The number of nitrogens with zero attached hydrogens (tertiary/aromatic N) is 5. The second-order valence-corrected chi connectivity index (χ2v) is 12.7. The molecular formula is C26H25N5O6S2. The lowest BCUT2D eigenvalue weighted by molar-refractivity contribution is -0.122. The average molecular weight is 568 g/mol. The van der Waals surface area contributed by atoms with E-state index in [9.17, 15) is 26.7 Å². The summed E-state index contributed by atoms with van der Waals surface area (Å²) in [6.45, 7) is -0.883. The van der Waals surface area contributed by atoms with Gasteiger partial charge in [0, 0.05) is 32.1 Å². The molecule has 1 aliphatic heterocycles. The Labute approximate surface area is 225 Å². The number of azo groups is 1. The molecule has 202 valence electrons. The monoisotopic (exact) mass is 567 g/mol. The highest BCUT2D eigenvalue weighted by molar-refractivity contribution is 7.89. The van der Waals surface area contributed by atoms with Crippen LogP contribution in [-0.2, 0) is 31.9 Å². The van der Waals surface area contributed by atoms with Crippen molar-refractivity contribution in [3.05, 3.63) is 84.9 Å². The number of aromatic hydroxyl groups is 1. The van der Waals surface area contributed by atoms with E-state index in [1.54, 1.807) is 67.7 Å². The Bertz CT molecular complexity index is 1770. The molecular weight excluding hydrogens is 542 g/mol. The predicted molar refractivity (Wildman–Crippen MR) is 143 cm³/mol. The van der Waals surface area contributed by atoms with Crippen molar-refractivity contribution in [1.82, 2.24) is 13.2 Å². The summed E-state index contributed by atoms with van der Waals surface area (Å²) in [5.74, 6) is -1.19. The number of amides is 1. The van der Waals surface area contributed by atoms with Crippen LogP contribution in [0.15, 0.2) is 105 Å². The molecule has 2 heterocycles. The number of sulfonamides is 2. The van der Waals surface area contributed by atoms with Gasteiger partial charge in [0.2, 0.25) is 25.9 Å². The molecule has 0 spiro atoms. The van der Waals surface area contributed by atoms with Gasteiger partial charge < -0.3 is 9.67 Å². The second kappa shape index (κ2) is 10.3. The van der Waals surface area contributed by atoms with E-state index >= 15 is 0 Å². The minimum Gasteiger partial charge on any atom is -0.493 e. The zero-order valence-corrected chi connectivity index (χ0v) is 22.5. The van der Waals surface area contributed by atoms with Gasteiger partial charge in [-0.15, -0.1) is 10.2 Å². The molecule has 1 atom stereocenters. The Morgan fingerprint density at radius 1 is 0.821 bits per heavy atom. The highest BCUT2D eigenvalue weighted by Gasteiger charge is 2.43. The highest BCUT2D eigenvalue weighted by Crippen LogP contribution is 2.38. The molecule has 5 rings (SSSR count). The van der Waals surface area contributed by atoms with Gasteiger partial charge in [-0.05, 0) is 30.3 Å². The first kappa shape index (κ1) is 26.7. The van der Waals surface area contributed by atoms with Gasteiger partial charge >= 0.3 is 0 Å². The highest BCUT2D eigenvalue weighted by atomic mass is 32.2. The van der Waals surface area contributed by atoms with E-state index in [2.05, 4.69) is 10.2 Å². The number of piperazine rings is 1. The Kier molecular flexibility index (Phi) is 7.07. The minimum absolute atomic E-state index is 0.0258. The van der Waals surface area contributed by atoms with E-state index in [1.165, 1.54) is 28.8 Å². The maximum Gasteiger partial charge on any atom is 0.284 e. The molecule has 1 fully saturated rings. The third kappa shape index (κ3) is 4.85. The number of carbonyl (C=O) groups excluding carboxylic acids is 1. The topological polar surface area (TPSA) is 142 Å². The lowest BCUT2D eigenvalue weighted by atomic mass is 10.2. The summed E-state index contributed by atoms with van der Waals surface area (Å²) in [6.07, 6.45) is 0. The van der Waals surface area contributed by atoms with Crippen LogP contribution in [0.2, 0.25) is 0 Å². The average Bonchev–Trinajstić information content (AvgIpc) is 3.21. The van der Waals surface area contributed by atoms with Gasteiger partial charge in [-0.2, -0.15) is 8.61 Å². The Hall–Kier alpha value is -3.91. The third-order valence-electron chi connectivity index (χ3n) is 6.61. The lowest BCUT2D eigenvalue weighted by Crippen LogP contribution is -2.58. The fraction of sp³-hybridized carbons (Fsp3) is 0.192. The van der Waals surface area contributed by atoms with Crippen LogP contribution in [-0.4, -0.2) is 66.7 Å². The van der Waals surface area contributed by atoms with E-state index < -0.39 is 38.5 Å². The smallest absolute Gasteiger partial charge is 0.284 e. The number of benzene rings is 3. The fourth-order valence-corrected chi connectivity index (χ4v) is 7.59. The van der Waals surface area contributed by atoms with E-state index in [4.69, 9.17) is 0 Å². The molecule has 0 aliphatic carbocycles. The molecule has 1 aliphatic rings. The summed E-state index contributed by atoms with van der Waals surface area (Å²) < 4.78 is 57.2. The van der Waals surface area contributed by atoms with Crippen LogP contribution in [0.3, 0.4) is 0 Å². The molecule has 39 heavy (non-hydrogen) atoms. The van der Waals surface area contributed by atoms with Crippen molar-refractivity contribution in [2.75, 3.05) is 19.6 Å². The van der Waals surface area contributed by atoms with E-state index in [0.29, 0.717) is 10.9 Å². The molecule has 1 aromatic heterocycles. The molecule has 11 nitrogen and oxygen atoms in total. The van der Waals surface area contributed by atoms with Gasteiger partial charge in [0.15, 0.2) is 5.69 Å². The Balaban J connectivity index is 1.53. The summed E-state index contributed by atoms with van der Waals surface area (Å²) in [7, 11) is -6.57. The Morgan fingerprint density at radius 2 is 1.38 bits per heavy atom. The number of rotatable bonds is 6. The molecule has 0 bridgehead atoms. The van der Waals surface area contributed by atoms with Crippen LogP contribution < -0.4 is 0 Å². The van der Waals surface area contributed by atoms with Crippen molar-refractivity contribution in [1.29, 1.82) is 0 Å². The summed E-state index contributed by atoms with van der Waals surface area (Å²) in [4.78, 5) is 13.4. The van der Waals surface area contributed by atoms with Gasteiger partial charge in [-0.3, -0.25) is 4.79 Å². The van der Waals surface area contributed by atoms with E-state index in [0.717, 1.165) is 8.61 Å². The van der Waals surface area contributed by atoms with Crippen LogP contribution in [0, 0.1) is 0 Å². The van der Waals surface area contributed by atoms with Crippen molar-refractivity contribution >= 4 is 42.5 Å². The van der Waals surface area contributed by atoms with Gasteiger partial charge in [0.1, 0.15) is 6.04 Å². The van der Waals surface area contributed by atoms with Gasteiger partial charge in [0.25, 0.3) is 5.91 Å². The molecule has 0 radical (unpaired) electrons.